The van der Waals surface area contributed by atoms with E-state index in [2.05, 4.69) is 20.9 Å². The Bertz CT molecular complexity index is 341. The Hall–Kier alpha value is -0.150. The van der Waals surface area contributed by atoms with E-state index in [-0.39, 0.29) is 9.63 Å². The van der Waals surface area contributed by atoms with Crippen molar-refractivity contribution in [1.82, 2.24) is 4.98 Å². The van der Waals surface area contributed by atoms with Gasteiger partial charge in [-0.05, 0) is 22.8 Å². The number of pyridine rings is 1. The number of halogens is 3. The highest BCUT2D eigenvalue weighted by molar-refractivity contribution is 9.10. The Morgan fingerprint density at radius 1 is 1.90 bits per heavy atom. The Kier molecular flexibility index (Phi) is 1.33. The van der Waals surface area contributed by atoms with E-state index in [0.29, 0.717) is 0 Å². The second-order valence-electron chi connectivity index (χ2n) is 1.59. The van der Waals surface area contributed by atoms with Crippen LogP contribution >= 0.6 is 27.5 Å². The van der Waals surface area contributed by atoms with Crippen molar-refractivity contribution in [1.29, 1.82) is 0 Å². The van der Waals surface area contributed by atoms with E-state index in [1.54, 1.807) is 0 Å². The van der Waals surface area contributed by atoms with Crippen molar-refractivity contribution in [2.45, 2.75) is 6.85 Å². The van der Waals surface area contributed by atoms with E-state index >= 15 is 0 Å². The molecule has 1 aromatic rings. The molecule has 54 valence electrons. The lowest BCUT2D eigenvalue weighted by atomic mass is 10.3. The normalized spacial score (nSPS) is 15.7. The van der Waals surface area contributed by atoms with Gasteiger partial charge in [0.05, 0.1) is 4.47 Å². The van der Waals surface area contributed by atoms with Crippen molar-refractivity contribution in [3.8, 4) is 0 Å². The first kappa shape index (κ1) is 4.67. The van der Waals surface area contributed by atoms with Crippen LogP contribution in [0.1, 0.15) is 9.68 Å². The van der Waals surface area contributed by atoms with Crippen LogP contribution in [0.5, 0.6) is 0 Å². The maximum atomic E-state index is 13.2. The zero-order chi connectivity index (χ0) is 10.2. The highest BCUT2D eigenvalue weighted by Crippen LogP contribution is 2.21. The van der Waals surface area contributed by atoms with Crippen molar-refractivity contribution in [2.24, 2.45) is 0 Å². The highest BCUT2D eigenvalue weighted by atomic mass is 79.9. The van der Waals surface area contributed by atoms with E-state index in [4.69, 9.17) is 15.7 Å². The molecule has 10 heavy (non-hydrogen) atoms. The molecular formula is C6H4BrClFN. The third kappa shape index (κ3) is 1.30. The second-order valence-corrected chi connectivity index (χ2v) is 2.80. The zero-order valence-electron chi connectivity index (χ0n) is 7.66. The van der Waals surface area contributed by atoms with Gasteiger partial charge in [-0.3, -0.25) is 0 Å². The van der Waals surface area contributed by atoms with Gasteiger partial charge >= 0.3 is 0 Å². The van der Waals surface area contributed by atoms with E-state index in [1.807, 2.05) is 0 Å². The molecule has 0 atom stereocenters. The summed E-state index contributed by atoms with van der Waals surface area (Å²) in [5, 5.41) is -0.333. The molecule has 0 amide bonds. The van der Waals surface area contributed by atoms with Crippen LogP contribution in [-0.4, -0.2) is 4.98 Å². The SMILES string of the molecule is [2H]C([2H])([2H])c1c(Cl)ncc(Br)c1F. The minimum absolute atomic E-state index is 0.0111. The molecule has 1 nitrogen and oxygen atoms in total. The van der Waals surface area contributed by atoms with Gasteiger partial charge in [0.1, 0.15) is 11.0 Å². The van der Waals surface area contributed by atoms with E-state index in [9.17, 15) is 4.39 Å². The van der Waals surface area contributed by atoms with Gasteiger partial charge in [0.25, 0.3) is 0 Å². The fourth-order valence-corrected chi connectivity index (χ4v) is 0.877. The first-order valence-electron chi connectivity index (χ1n) is 3.84. The van der Waals surface area contributed by atoms with Crippen molar-refractivity contribution in [3.05, 3.63) is 27.2 Å². The summed E-state index contributed by atoms with van der Waals surface area (Å²) in [6.07, 6.45) is 1.12. The number of rotatable bonds is 0. The number of hydrogen-bond donors (Lipinski definition) is 0. The molecule has 0 aromatic carbocycles. The molecule has 0 spiro atoms. The topological polar surface area (TPSA) is 12.9 Å². The van der Waals surface area contributed by atoms with Crippen LogP contribution in [0.15, 0.2) is 10.7 Å². The molecule has 0 saturated heterocycles. The van der Waals surface area contributed by atoms with Gasteiger partial charge in [-0.2, -0.15) is 0 Å². The summed E-state index contributed by atoms with van der Waals surface area (Å²) in [5.41, 5.74) is -0.552. The fourth-order valence-electron chi connectivity index (χ4n) is 0.445. The third-order valence-electron chi connectivity index (χ3n) is 0.927. The summed E-state index contributed by atoms with van der Waals surface area (Å²) in [7, 11) is 0. The van der Waals surface area contributed by atoms with Crippen LogP contribution in [0, 0.1) is 12.7 Å². The van der Waals surface area contributed by atoms with Crippen LogP contribution in [0.2, 0.25) is 5.15 Å². The summed E-state index contributed by atoms with van der Waals surface area (Å²) in [5.74, 6) is -0.889. The van der Waals surface area contributed by atoms with Crippen molar-refractivity contribution in [2.75, 3.05) is 0 Å². The van der Waals surface area contributed by atoms with Crippen LogP contribution in [0.3, 0.4) is 0 Å². The monoisotopic (exact) mass is 226 g/mol. The molecule has 0 fully saturated rings. The lowest BCUT2D eigenvalue weighted by Gasteiger charge is -1.98. The van der Waals surface area contributed by atoms with E-state index < -0.39 is 18.2 Å². The number of hydrogen-bond acceptors (Lipinski definition) is 1. The molecule has 0 saturated carbocycles. The maximum absolute atomic E-state index is 13.2. The van der Waals surface area contributed by atoms with Gasteiger partial charge in [0.15, 0.2) is 0 Å². The van der Waals surface area contributed by atoms with Crippen LogP contribution in [0.25, 0.3) is 0 Å². The van der Waals surface area contributed by atoms with Gasteiger partial charge < -0.3 is 0 Å². The summed E-state index contributed by atoms with van der Waals surface area (Å²) in [6, 6.07) is 0. The van der Waals surface area contributed by atoms with Gasteiger partial charge in [-0.25, -0.2) is 9.37 Å². The van der Waals surface area contributed by atoms with E-state index in [0.717, 1.165) is 6.20 Å². The Balaban J connectivity index is 3.43. The molecule has 1 aromatic heterocycles. The third-order valence-corrected chi connectivity index (χ3v) is 1.77. The average Bonchev–Trinajstić information content (AvgIpc) is 1.95. The summed E-state index contributed by atoms with van der Waals surface area (Å²) >= 11 is 8.28. The smallest absolute Gasteiger partial charge is 0.144 e. The van der Waals surface area contributed by atoms with Crippen molar-refractivity contribution in [3.63, 3.8) is 0 Å². The number of nitrogens with zero attached hydrogens (tertiary/aromatic N) is 1. The molecule has 0 radical (unpaired) electrons. The van der Waals surface area contributed by atoms with Gasteiger partial charge in [0, 0.05) is 15.9 Å². The fraction of sp³-hybridized carbons (Fsp3) is 0.167. The average molecular weight is 227 g/mol. The molecule has 1 rings (SSSR count). The molecule has 0 N–H and O–H groups in total. The minimum Gasteiger partial charge on any atom is -0.243 e. The van der Waals surface area contributed by atoms with Gasteiger partial charge in [-0.15, -0.1) is 0 Å². The summed E-state index contributed by atoms with van der Waals surface area (Å²) in [6.45, 7) is -2.59. The molecule has 4 heteroatoms. The standard InChI is InChI=1S/C6H4BrClFN/c1-3-5(9)4(7)2-10-6(3)8/h2H,1H3/i1D3. The Morgan fingerprint density at radius 2 is 2.60 bits per heavy atom. The first-order chi connectivity index (χ1) is 5.84. The number of aromatic nitrogens is 1. The largest absolute Gasteiger partial charge is 0.243 e. The van der Waals surface area contributed by atoms with Crippen LogP contribution in [-0.2, 0) is 0 Å². The predicted molar refractivity (Wildman–Crippen MR) is 41.6 cm³/mol. The molecule has 0 aliphatic heterocycles. The first-order valence-corrected chi connectivity index (χ1v) is 3.51. The highest BCUT2D eigenvalue weighted by Gasteiger charge is 2.06. The van der Waals surface area contributed by atoms with Crippen molar-refractivity contribution >= 4 is 27.5 Å². The predicted octanol–water partition coefficient (Wildman–Crippen LogP) is 2.95. The van der Waals surface area contributed by atoms with Gasteiger partial charge in [-0.1, -0.05) is 11.6 Å². The zero-order valence-corrected chi connectivity index (χ0v) is 7.00. The Labute approximate surface area is 75.6 Å². The minimum atomic E-state index is -2.59. The second kappa shape index (κ2) is 2.84. The lowest BCUT2D eigenvalue weighted by Crippen LogP contribution is -1.87. The van der Waals surface area contributed by atoms with Gasteiger partial charge in [0.2, 0.25) is 0 Å². The van der Waals surface area contributed by atoms with Crippen LogP contribution < -0.4 is 0 Å². The summed E-state index contributed by atoms with van der Waals surface area (Å²) in [4.78, 5) is 3.52. The molecule has 0 aliphatic carbocycles. The molecule has 0 unspecified atom stereocenters. The summed E-state index contributed by atoms with van der Waals surface area (Å²) < 4.78 is 34.2. The molecule has 0 bridgehead atoms. The lowest BCUT2D eigenvalue weighted by molar-refractivity contribution is 0.609. The quantitative estimate of drug-likeness (QED) is 0.621. The molecular weight excluding hydrogens is 220 g/mol. The Morgan fingerprint density at radius 3 is 3.10 bits per heavy atom. The van der Waals surface area contributed by atoms with E-state index in [1.165, 1.54) is 0 Å². The maximum Gasteiger partial charge on any atom is 0.144 e. The molecule has 0 aliphatic rings. The molecule has 1 heterocycles. The van der Waals surface area contributed by atoms with Crippen molar-refractivity contribution < 1.29 is 8.50 Å². The van der Waals surface area contributed by atoms with Crippen LogP contribution in [0.4, 0.5) is 4.39 Å².